The van der Waals surface area contributed by atoms with Gasteiger partial charge in [-0.1, -0.05) is 13.3 Å². The lowest BCUT2D eigenvalue weighted by Crippen LogP contribution is -2.32. The van der Waals surface area contributed by atoms with Gasteiger partial charge in [0.25, 0.3) is 0 Å². The fraction of sp³-hybridized carbons (Fsp3) is 0.769. The number of hydrogen-bond donors (Lipinski definition) is 1. The fourth-order valence-corrected chi connectivity index (χ4v) is 2.67. The van der Waals surface area contributed by atoms with Gasteiger partial charge in [0.05, 0.1) is 15.9 Å². The summed E-state index contributed by atoms with van der Waals surface area (Å²) < 4.78 is 3.30. The van der Waals surface area contributed by atoms with Crippen LogP contribution in [0.25, 0.3) is 0 Å². The molecule has 0 aliphatic heterocycles. The van der Waals surface area contributed by atoms with Crippen LogP contribution in [0.4, 0.5) is 0 Å². The first-order chi connectivity index (χ1) is 8.04. The van der Waals surface area contributed by atoms with Crippen molar-refractivity contribution in [1.29, 1.82) is 0 Å². The second-order valence-corrected chi connectivity index (χ2v) is 5.40. The maximum atomic E-state index is 4.55. The maximum Gasteiger partial charge on any atom is 0.0738 e. The van der Waals surface area contributed by atoms with E-state index in [4.69, 9.17) is 0 Å². The van der Waals surface area contributed by atoms with Crippen LogP contribution in [-0.2, 0) is 13.0 Å². The standard InChI is InChI=1S/C13H24BrN3/c1-6-11(9(3)15-5)8-12-13(14)10(4)16-17(12)7-2/h9,11,15H,6-8H2,1-5H3. The summed E-state index contributed by atoms with van der Waals surface area (Å²) in [6, 6.07) is 0.535. The molecule has 0 saturated heterocycles. The third-order valence-electron chi connectivity index (χ3n) is 3.60. The molecule has 0 aromatic carbocycles. The summed E-state index contributed by atoms with van der Waals surface area (Å²) in [5, 5.41) is 7.91. The minimum Gasteiger partial charge on any atom is -0.317 e. The first-order valence-electron chi connectivity index (χ1n) is 6.44. The Kier molecular flexibility index (Phi) is 5.67. The van der Waals surface area contributed by atoms with Crippen molar-refractivity contribution < 1.29 is 0 Å². The largest absolute Gasteiger partial charge is 0.317 e. The van der Waals surface area contributed by atoms with Gasteiger partial charge in [0.15, 0.2) is 0 Å². The van der Waals surface area contributed by atoms with E-state index < -0.39 is 0 Å². The molecule has 1 rings (SSSR count). The van der Waals surface area contributed by atoms with E-state index in [1.165, 1.54) is 16.6 Å². The lowest BCUT2D eigenvalue weighted by molar-refractivity contribution is 0.371. The predicted octanol–water partition coefficient (Wildman–Crippen LogP) is 3.15. The molecule has 3 nitrogen and oxygen atoms in total. The Hall–Kier alpha value is -0.350. The van der Waals surface area contributed by atoms with Crippen LogP contribution in [0.15, 0.2) is 4.47 Å². The summed E-state index contributed by atoms with van der Waals surface area (Å²) in [5.41, 5.74) is 2.42. The lowest BCUT2D eigenvalue weighted by Gasteiger charge is -2.22. The molecule has 0 fully saturated rings. The highest BCUT2D eigenvalue weighted by Crippen LogP contribution is 2.25. The van der Waals surface area contributed by atoms with Crippen LogP contribution in [-0.4, -0.2) is 22.9 Å². The van der Waals surface area contributed by atoms with E-state index in [-0.39, 0.29) is 0 Å². The molecule has 0 bridgehead atoms. The average Bonchev–Trinajstić information content (AvgIpc) is 2.61. The number of nitrogens with zero attached hydrogens (tertiary/aromatic N) is 2. The molecule has 0 radical (unpaired) electrons. The van der Waals surface area contributed by atoms with Gasteiger partial charge in [-0.3, -0.25) is 4.68 Å². The third kappa shape index (κ3) is 3.32. The van der Waals surface area contributed by atoms with Crippen LogP contribution < -0.4 is 5.32 Å². The summed E-state index contributed by atoms with van der Waals surface area (Å²) in [4.78, 5) is 0. The predicted molar refractivity (Wildman–Crippen MR) is 76.3 cm³/mol. The van der Waals surface area contributed by atoms with Crippen molar-refractivity contribution in [2.24, 2.45) is 5.92 Å². The van der Waals surface area contributed by atoms with E-state index in [2.05, 4.69) is 58.7 Å². The van der Waals surface area contributed by atoms with Crippen molar-refractivity contribution >= 4 is 15.9 Å². The molecular weight excluding hydrogens is 278 g/mol. The van der Waals surface area contributed by atoms with Gasteiger partial charge in [0.1, 0.15) is 0 Å². The number of hydrogen-bond acceptors (Lipinski definition) is 2. The van der Waals surface area contributed by atoms with Crippen molar-refractivity contribution in [1.82, 2.24) is 15.1 Å². The molecule has 98 valence electrons. The van der Waals surface area contributed by atoms with Gasteiger partial charge in [-0.25, -0.2) is 0 Å². The Labute approximate surface area is 113 Å². The van der Waals surface area contributed by atoms with Crippen molar-refractivity contribution in [3.8, 4) is 0 Å². The Morgan fingerprint density at radius 3 is 2.53 bits per heavy atom. The van der Waals surface area contributed by atoms with E-state index in [1.807, 2.05) is 7.05 Å². The molecule has 1 N–H and O–H groups in total. The molecule has 0 spiro atoms. The number of halogens is 1. The van der Waals surface area contributed by atoms with Crippen LogP contribution >= 0.6 is 15.9 Å². The minimum atomic E-state index is 0.535. The van der Waals surface area contributed by atoms with Gasteiger partial charge in [-0.15, -0.1) is 0 Å². The molecule has 0 aliphatic rings. The SMILES string of the molecule is CCC(Cc1c(Br)c(C)nn1CC)C(C)NC. The molecule has 2 atom stereocenters. The summed E-state index contributed by atoms with van der Waals surface area (Å²) in [6.45, 7) is 9.65. The van der Waals surface area contributed by atoms with Gasteiger partial charge >= 0.3 is 0 Å². The summed E-state index contributed by atoms with van der Waals surface area (Å²) >= 11 is 3.67. The Morgan fingerprint density at radius 1 is 1.41 bits per heavy atom. The van der Waals surface area contributed by atoms with Gasteiger partial charge in [0, 0.05) is 12.6 Å². The van der Waals surface area contributed by atoms with E-state index in [9.17, 15) is 0 Å². The second-order valence-electron chi connectivity index (χ2n) is 4.61. The normalized spacial score (nSPS) is 14.9. The quantitative estimate of drug-likeness (QED) is 0.875. The molecule has 17 heavy (non-hydrogen) atoms. The molecule has 1 aromatic rings. The van der Waals surface area contributed by atoms with Crippen LogP contribution in [0, 0.1) is 12.8 Å². The van der Waals surface area contributed by atoms with Crippen molar-refractivity contribution in [2.45, 2.75) is 53.1 Å². The molecule has 4 heteroatoms. The van der Waals surface area contributed by atoms with E-state index in [1.54, 1.807) is 0 Å². The molecule has 1 aromatic heterocycles. The zero-order valence-electron chi connectivity index (χ0n) is 11.5. The minimum absolute atomic E-state index is 0.535. The lowest BCUT2D eigenvalue weighted by atomic mass is 9.93. The highest BCUT2D eigenvalue weighted by Gasteiger charge is 2.20. The highest BCUT2D eigenvalue weighted by molar-refractivity contribution is 9.10. The number of aromatic nitrogens is 2. The monoisotopic (exact) mass is 301 g/mol. The zero-order chi connectivity index (χ0) is 13.0. The van der Waals surface area contributed by atoms with Crippen LogP contribution in [0.1, 0.15) is 38.6 Å². The number of nitrogens with one attached hydrogen (secondary N) is 1. The maximum absolute atomic E-state index is 4.55. The zero-order valence-corrected chi connectivity index (χ0v) is 13.1. The Balaban J connectivity index is 2.92. The smallest absolute Gasteiger partial charge is 0.0738 e. The van der Waals surface area contributed by atoms with Crippen molar-refractivity contribution in [3.05, 3.63) is 15.9 Å². The summed E-state index contributed by atoms with van der Waals surface area (Å²) in [5.74, 6) is 0.651. The van der Waals surface area contributed by atoms with E-state index in [0.29, 0.717) is 12.0 Å². The number of aryl methyl sites for hydroxylation is 2. The molecule has 2 unspecified atom stereocenters. The molecular formula is C13H24BrN3. The highest BCUT2D eigenvalue weighted by atomic mass is 79.9. The van der Waals surface area contributed by atoms with Crippen LogP contribution in [0.5, 0.6) is 0 Å². The van der Waals surface area contributed by atoms with Gasteiger partial charge in [-0.05, 0) is 56.1 Å². The summed E-state index contributed by atoms with van der Waals surface area (Å²) in [6.07, 6.45) is 2.26. The molecule has 0 aliphatic carbocycles. The first-order valence-corrected chi connectivity index (χ1v) is 7.23. The molecule has 0 saturated carbocycles. The van der Waals surface area contributed by atoms with Crippen LogP contribution in [0.3, 0.4) is 0 Å². The van der Waals surface area contributed by atoms with Crippen molar-refractivity contribution in [3.63, 3.8) is 0 Å². The van der Waals surface area contributed by atoms with E-state index in [0.717, 1.165) is 18.7 Å². The summed E-state index contributed by atoms with van der Waals surface area (Å²) in [7, 11) is 2.03. The Morgan fingerprint density at radius 2 is 2.06 bits per heavy atom. The molecule has 0 amide bonds. The van der Waals surface area contributed by atoms with Gasteiger partial charge in [0.2, 0.25) is 0 Å². The topological polar surface area (TPSA) is 29.9 Å². The fourth-order valence-electron chi connectivity index (χ4n) is 2.22. The number of rotatable bonds is 6. The molecule has 1 heterocycles. The van der Waals surface area contributed by atoms with Gasteiger partial charge < -0.3 is 5.32 Å². The van der Waals surface area contributed by atoms with E-state index >= 15 is 0 Å². The third-order valence-corrected chi connectivity index (χ3v) is 4.63. The Bertz CT molecular complexity index is 360. The first kappa shape index (κ1) is 14.7. The van der Waals surface area contributed by atoms with Crippen molar-refractivity contribution in [2.75, 3.05) is 7.05 Å². The average molecular weight is 302 g/mol. The van der Waals surface area contributed by atoms with Crippen LogP contribution in [0.2, 0.25) is 0 Å². The van der Waals surface area contributed by atoms with Gasteiger partial charge in [-0.2, -0.15) is 5.10 Å². The second kappa shape index (κ2) is 6.55.